The van der Waals surface area contributed by atoms with Gasteiger partial charge in [0.15, 0.2) is 5.66 Å². The van der Waals surface area contributed by atoms with Crippen LogP contribution in [0.4, 0.5) is 5.69 Å². The van der Waals surface area contributed by atoms with Crippen LogP contribution in [0.3, 0.4) is 0 Å². The third-order valence-electron chi connectivity index (χ3n) is 3.98. The molecule has 0 spiro atoms. The molecule has 1 amide bonds. The zero-order valence-electron chi connectivity index (χ0n) is 13.5. The lowest BCUT2D eigenvalue weighted by atomic mass is 10.0. The molecule has 0 fully saturated rings. The number of carbonyl (C=O) groups excluding carboxylic acids is 1. The molecule has 0 bridgehead atoms. The molecule has 0 radical (unpaired) electrons. The number of aromatic nitrogens is 1. The van der Waals surface area contributed by atoms with Crippen LogP contribution >= 0.6 is 0 Å². The summed E-state index contributed by atoms with van der Waals surface area (Å²) < 4.78 is 5.36. The molecule has 1 aliphatic heterocycles. The monoisotopic (exact) mass is 322 g/mol. The van der Waals surface area contributed by atoms with E-state index in [1.54, 1.807) is 19.4 Å². The zero-order valence-corrected chi connectivity index (χ0v) is 13.5. The molecule has 1 N–H and O–H groups in total. The zero-order chi connectivity index (χ0) is 17.0. The number of rotatable bonds is 7. The Kier molecular flexibility index (Phi) is 4.43. The third kappa shape index (κ3) is 3.51. The second-order valence-corrected chi connectivity index (χ2v) is 5.69. The molecule has 1 aromatic heterocycles. The minimum absolute atomic E-state index is 0.0855. The standard InChI is InChI=1S/C18H18N4O2/c1-3-4-8-18(21-22-18)9-7-16(23)20-14-11-13-6-5-10-19-17(13)15(12-14)24-2/h1,5-6,10-12H,4,7-9H2,2H3,(H,20,23). The van der Waals surface area contributed by atoms with Crippen LogP contribution in [0.1, 0.15) is 25.7 Å². The topological polar surface area (TPSA) is 75.9 Å². The Morgan fingerprint density at radius 1 is 1.38 bits per heavy atom. The molecule has 122 valence electrons. The molecule has 0 atom stereocenters. The van der Waals surface area contributed by atoms with Crippen LogP contribution in [0.15, 0.2) is 40.7 Å². The Morgan fingerprint density at radius 2 is 2.21 bits per heavy atom. The van der Waals surface area contributed by atoms with E-state index in [1.165, 1.54) is 0 Å². The number of hydrogen-bond donors (Lipinski definition) is 1. The summed E-state index contributed by atoms with van der Waals surface area (Å²) in [6.45, 7) is 0. The van der Waals surface area contributed by atoms with Crippen molar-refractivity contribution in [1.82, 2.24) is 4.98 Å². The third-order valence-corrected chi connectivity index (χ3v) is 3.98. The van der Waals surface area contributed by atoms with Gasteiger partial charge in [0, 0.05) is 49.0 Å². The highest BCUT2D eigenvalue weighted by Crippen LogP contribution is 2.37. The first-order chi connectivity index (χ1) is 11.7. The maximum atomic E-state index is 12.2. The van der Waals surface area contributed by atoms with Gasteiger partial charge in [-0.1, -0.05) is 6.07 Å². The van der Waals surface area contributed by atoms with Gasteiger partial charge in [0.2, 0.25) is 5.91 Å². The lowest BCUT2D eigenvalue weighted by Gasteiger charge is -2.11. The highest BCUT2D eigenvalue weighted by Gasteiger charge is 2.39. The number of carbonyl (C=O) groups is 1. The van der Waals surface area contributed by atoms with Gasteiger partial charge in [-0.2, -0.15) is 10.2 Å². The van der Waals surface area contributed by atoms with Crippen molar-refractivity contribution in [2.24, 2.45) is 10.2 Å². The van der Waals surface area contributed by atoms with Crippen molar-refractivity contribution < 1.29 is 9.53 Å². The van der Waals surface area contributed by atoms with E-state index >= 15 is 0 Å². The van der Waals surface area contributed by atoms with Crippen molar-refractivity contribution in [2.75, 3.05) is 12.4 Å². The lowest BCUT2D eigenvalue weighted by molar-refractivity contribution is -0.116. The van der Waals surface area contributed by atoms with Gasteiger partial charge in [-0.15, -0.1) is 12.3 Å². The quantitative estimate of drug-likeness (QED) is 0.792. The summed E-state index contributed by atoms with van der Waals surface area (Å²) in [5.41, 5.74) is 1.01. The summed E-state index contributed by atoms with van der Waals surface area (Å²) in [5.74, 6) is 3.12. The Bertz CT molecular complexity index is 833. The minimum Gasteiger partial charge on any atom is -0.494 e. The number of amides is 1. The minimum atomic E-state index is -0.436. The second-order valence-electron chi connectivity index (χ2n) is 5.69. The van der Waals surface area contributed by atoms with Gasteiger partial charge in [0.25, 0.3) is 0 Å². The fraction of sp³-hybridized carbons (Fsp3) is 0.333. The Balaban J connectivity index is 1.64. The van der Waals surface area contributed by atoms with Gasteiger partial charge in [0.1, 0.15) is 11.3 Å². The number of terminal acetylenes is 1. The van der Waals surface area contributed by atoms with Crippen LogP contribution < -0.4 is 10.1 Å². The summed E-state index contributed by atoms with van der Waals surface area (Å²) >= 11 is 0. The summed E-state index contributed by atoms with van der Waals surface area (Å²) in [4.78, 5) is 16.5. The predicted molar refractivity (Wildman–Crippen MR) is 91.8 cm³/mol. The molecule has 6 heteroatoms. The van der Waals surface area contributed by atoms with Gasteiger partial charge in [-0.3, -0.25) is 9.78 Å². The first kappa shape index (κ1) is 15.9. The average Bonchev–Trinajstić information content (AvgIpc) is 3.38. The molecular weight excluding hydrogens is 304 g/mol. The molecule has 0 aliphatic carbocycles. The summed E-state index contributed by atoms with van der Waals surface area (Å²) in [7, 11) is 1.58. The first-order valence-electron chi connectivity index (χ1n) is 7.76. The van der Waals surface area contributed by atoms with Gasteiger partial charge in [-0.25, -0.2) is 0 Å². The molecule has 0 unspecified atom stereocenters. The smallest absolute Gasteiger partial charge is 0.224 e. The average molecular weight is 322 g/mol. The van der Waals surface area contributed by atoms with Crippen molar-refractivity contribution in [2.45, 2.75) is 31.3 Å². The van der Waals surface area contributed by atoms with Gasteiger partial charge < -0.3 is 10.1 Å². The summed E-state index contributed by atoms with van der Waals surface area (Å²) in [6.07, 6.45) is 9.20. The Labute approximate surface area is 140 Å². The molecule has 3 rings (SSSR count). The molecule has 6 nitrogen and oxygen atoms in total. The molecule has 0 saturated heterocycles. The number of methoxy groups -OCH3 is 1. The molecule has 24 heavy (non-hydrogen) atoms. The Morgan fingerprint density at radius 3 is 2.92 bits per heavy atom. The fourth-order valence-corrected chi connectivity index (χ4v) is 2.59. The van der Waals surface area contributed by atoms with Crippen LogP contribution in [0.2, 0.25) is 0 Å². The summed E-state index contributed by atoms with van der Waals surface area (Å²) in [6, 6.07) is 7.42. The number of fused-ring (bicyclic) bond motifs is 1. The number of ether oxygens (including phenoxy) is 1. The summed E-state index contributed by atoms with van der Waals surface area (Å²) in [5, 5.41) is 11.9. The van der Waals surface area contributed by atoms with Crippen LogP contribution in [-0.2, 0) is 4.79 Å². The van der Waals surface area contributed by atoms with E-state index in [0.29, 0.717) is 37.1 Å². The number of anilines is 1. The van der Waals surface area contributed by atoms with Gasteiger partial charge >= 0.3 is 0 Å². The first-order valence-corrected chi connectivity index (χ1v) is 7.76. The maximum Gasteiger partial charge on any atom is 0.224 e. The number of hydrogen-bond acceptors (Lipinski definition) is 5. The van der Waals surface area contributed by atoms with E-state index in [9.17, 15) is 4.79 Å². The number of benzene rings is 1. The highest BCUT2D eigenvalue weighted by atomic mass is 16.5. The normalized spacial score (nSPS) is 14.2. The van der Waals surface area contributed by atoms with Crippen molar-refractivity contribution in [3.05, 3.63) is 30.5 Å². The van der Waals surface area contributed by atoms with Crippen LogP contribution in [0.5, 0.6) is 5.75 Å². The second kappa shape index (κ2) is 6.67. The number of nitrogens with zero attached hydrogens (tertiary/aromatic N) is 3. The molecule has 0 saturated carbocycles. The number of pyridine rings is 1. The molecule has 2 aromatic rings. The predicted octanol–water partition coefficient (Wildman–Crippen LogP) is 3.54. The van der Waals surface area contributed by atoms with Crippen molar-refractivity contribution in [3.8, 4) is 18.1 Å². The van der Waals surface area contributed by atoms with Crippen molar-refractivity contribution >= 4 is 22.5 Å². The van der Waals surface area contributed by atoms with Crippen molar-refractivity contribution in [3.63, 3.8) is 0 Å². The SMILES string of the molecule is C#CCCC1(CCC(=O)Nc2cc(OC)c3ncccc3c2)N=N1. The lowest BCUT2D eigenvalue weighted by Crippen LogP contribution is -2.17. The van der Waals surface area contributed by atoms with Crippen LogP contribution in [0.25, 0.3) is 10.9 Å². The fourth-order valence-electron chi connectivity index (χ4n) is 2.59. The largest absolute Gasteiger partial charge is 0.494 e. The van der Waals surface area contributed by atoms with Gasteiger partial charge in [0.05, 0.1) is 7.11 Å². The van der Waals surface area contributed by atoms with E-state index in [4.69, 9.17) is 11.2 Å². The highest BCUT2D eigenvalue weighted by molar-refractivity contribution is 5.95. The van der Waals surface area contributed by atoms with E-state index in [0.717, 1.165) is 10.9 Å². The number of nitrogens with one attached hydrogen (secondary N) is 1. The molecule has 1 aromatic carbocycles. The van der Waals surface area contributed by atoms with E-state index in [2.05, 4.69) is 26.4 Å². The van der Waals surface area contributed by atoms with E-state index < -0.39 is 5.66 Å². The van der Waals surface area contributed by atoms with E-state index in [1.807, 2.05) is 18.2 Å². The molecule has 2 heterocycles. The maximum absolute atomic E-state index is 12.2. The molecular formula is C18H18N4O2. The van der Waals surface area contributed by atoms with Crippen LogP contribution in [-0.4, -0.2) is 23.7 Å². The van der Waals surface area contributed by atoms with Crippen LogP contribution in [0, 0.1) is 12.3 Å². The molecule has 1 aliphatic rings. The van der Waals surface area contributed by atoms with Gasteiger partial charge in [-0.05, 0) is 12.1 Å². The Hall–Kier alpha value is -2.94. The van der Waals surface area contributed by atoms with E-state index in [-0.39, 0.29) is 5.91 Å². The van der Waals surface area contributed by atoms with Crippen molar-refractivity contribution in [1.29, 1.82) is 0 Å².